The Balaban J connectivity index is 1.26. The number of hydrogen-bond donors (Lipinski definition) is 1. The van der Waals surface area contributed by atoms with Crippen molar-refractivity contribution >= 4 is 39.0 Å². The molecule has 7 nitrogen and oxygen atoms in total. The minimum Gasteiger partial charge on any atom is -0.339 e. The van der Waals surface area contributed by atoms with E-state index in [1.807, 2.05) is 53.4 Å². The predicted octanol–water partition coefficient (Wildman–Crippen LogP) is 4.44. The average Bonchev–Trinajstić information content (AvgIpc) is 3.58. The number of carbonyl (C=O) groups is 1. The Kier molecular flexibility index (Phi) is 4.65. The van der Waals surface area contributed by atoms with E-state index in [4.69, 9.17) is 0 Å². The van der Waals surface area contributed by atoms with Crippen LogP contribution in [-0.2, 0) is 6.54 Å². The molecule has 1 atom stereocenters. The van der Waals surface area contributed by atoms with Gasteiger partial charge in [-0.05, 0) is 60.8 Å². The molecule has 0 bridgehead atoms. The molecular formula is C24H20N6OS. The molecule has 0 aliphatic carbocycles. The highest BCUT2D eigenvalue weighted by Crippen LogP contribution is 2.34. The van der Waals surface area contributed by atoms with Crippen molar-refractivity contribution in [2.75, 3.05) is 11.9 Å². The fourth-order valence-corrected chi connectivity index (χ4v) is 5.26. The van der Waals surface area contributed by atoms with Crippen LogP contribution in [0.4, 0.5) is 5.69 Å². The maximum atomic E-state index is 13.4. The van der Waals surface area contributed by atoms with Gasteiger partial charge >= 0.3 is 0 Å². The van der Waals surface area contributed by atoms with Crippen molar-refractivity contribution in [3.63, 3.8) is 0 Å². The van der Waals surface area contributed by atoms with E-state index < -0.39 is 0 Å². The first kappa shape index (κ1) is 19.1. The Bertz CT molecular complexity index is 1350. The van der Waals surface area contributed by atoms with Gasteiger partial charge in [0.25, 0.3) is 5.91 Å². The quantitative estimate of drug-likeness (QED) is 0.509. The van der Waals surface area contributed by atoms with Crippen molar-refractivity contribution in [3.8, 4) is 0 Å². The Labute approximate surface area is 189 Å². The number of carbonyl (C=O) groups excluding carboxylic acids is 1. The molecule has 1 unspecified atom stereocenters. The average molecular weight is 441 g/mol. The molecule has 0 saturated carbocycles. The molecule has 1 N–H and O–H groups in total. The zero-order chi connectivity index (χ0) is 21.5. The van der Waals surface area contributed by atoms with Crippen LogP contribution in [0.5, 0.6) is 0 Å². The van der Waals surface area contributed by atoms with E-state index in [0.29, 0.717) is 12.2 Å². The zero-order valence-corrected chi connectivity index (χ0v) is 18.0. The molecule has 0 radical (unpaired) electrons. The monoisotopic (exact) mass is 440 g/mol. The molecule has 2 aliphatic heterocycles. The number of nitrogens with one attached hydrogen (secondary N) is 1. The molecular weight excluding hydrogens is 420 g/mol. The second-order valence-electron chi connectivity index (χ2n) is 7.95. The smallest absolute Gasteiger partial charge is 0.274 e. The number of nitrogens with zero attached hydrogens (tertiary/aromatic N) is 5. The Morgan fingerprint density at radius 3 is 2.94 bits per heavy atom. The zero-order valence-electron chi connectivity index (χ0n) is 17.2. The van der Waals surface area contributed by atoms with Gasteiger partial charge in [-0.2, -0.15) is 4.37 Å². The third kappa shape index (κ3) is 3.23. The van der Waals surface area contributed by atoms with Gasteiger partial charge in [0.05, 0.1) is 23.0 Å². The van der Waals surface area contributed by atoms with Crippen molar-refractivity contribution in [2.24, 2.45) is 4.99 Å². The number of rotatable bonds is 3. The van der Waals surface area contributed by atoms with Crippen LogP contribution in [-0.4, -0.2) is 37.5 Å². The number of amides is 1. The van der Waals surface area contributed by atoms with Crippen molar-refractivity contribution in [1.29, 1.82) is 0 Å². The molecule has 6 rings (SSSR count). The van der Waals surface area contributed by atoms with Gasteiger partial charge in [0.15, 0.2) is 5.84 Å². The second kappa shape index (κ2) is 7.80. The van der Waals surface area contributed by atoms with Gasteiger partial charge in [-0.25, -0.2) is 0 Å². The third-order valence-corrected chi connectivity index (χ3v) is 6.81. The van der Waals surface area contributed by atoms with Crippen LogP contribution < -0.4 is 5.32 Å². The molecule has 3 aromatic heterocycles. The summed E-state index contributed by atoms with van der Waals surface area (Å²) in [5.41, 5.74) is 4.38. The molecule has 2 aliphatic rings. The van der Waals surface area contributed by atoms with Gasteiger partial charge < -0.3 is 10.2 Å². The van der Waals surface area contributed by atoms with Gasteiger partial charge in [0.1, 0.15) is 11.4 Å². The number of amidine groups is 1. The van der Waals surface area contributed by atoms with E-state index in [2.05, 4.69) is 24.7 Å². The Morgan fingerprint density at radius 2 is 2.03 bits per heavy atom. The standard InChI is InChI=1S/C24H20N6OS/c31-24(30-12-4-7-19(30)18-6-1-2-10-25-18)22-17-9-8-16(13-20(17)32-29-22)28-23-21-15(14-27-23)5-3-11-26-21/h1-3,5-6,8-11,13,19H,4,7,12,14H2,(H,27,28). The minimum atomic E-state index is -0.0246. The molecule has 5 heterocycles. The molecule has 158 valence electrons. The van der Waals surface area contributed by atoms with E-state index >= 15 is 0 Å². The van der Waals surface area contributed by atoms with Gasteiger partial charge in [-0.3, -0.25) is 19.8 Å². The maximum absolute atomic E-state index is 13.4. The summed E-state index contributed by atoms with van der Waals surface area (Å²) in [6.07, 6.45) is 5.46. The summed E-state index contributed by atoms with van der Waals surface area (Å²) in [6, 6.07) is 15.8. The van der Waals surface area contributed by atoms with Crippen LogP contribution in [0.2, 0.25) is 0 Å². The fraction of sp³-hybridized carbons (Fsp3) is 0.208. The number of pyridine rings is 2. The molecule has 1 fully saturated rings. The summed E-state index contributed by atoms with van der Waals surface area (Å²) < 4.78 is 5.50. The number of fused-ring (bicyclic) bond motifs is 2. The van der Waals surface area contributed by atoms with Gasteiger partial charge in [-0.1, -0.05) is 12.1 Å². The molecule has 32 heavy (non-hydrogen) atoms. The van der Waals surface area contributed by atoms with E-state index in [1.165, 1.54) is 11.5 Å². The highest BCUT2D eigenvalue weighted by molar-refractivity contribution is 7.13. The van der Waals surface area contributed by atoms with Gasteiger partial charge in [-0.15, -0.1) is 0 Å². The summed E-state index contributed by atoms with van der Waals surface area (Å²) in [7, 11) is 0. The van der Waals surface area contributed by atoms with E-state index in [1.54, 1.807) is 12.4 Å². The largest absolute Gasteiger partial charge is 0.339 e. The Morgan fingerprint density at radius 1 is 1.09 bits per heavy atom. The van der Waals surface area contributed by atoms with Crippen molar-refractivity contribution < 1.29 is 4.79 Å². The molecule has 8 heteroatoms. The summed E-state index contributed by atoms with van der Waals surface area (Å²) >= 11 is 1.35. The maximum Gasteiger partial charge on any atom is 0.274 e. The summed E-state index contributed by atoms with van der Waals surface area (Å²) in [5, 5.41) is 4.25. The number of likely N-dealkylation sites (tertiary alicyclic amines) is 1. The highest BCUT2D eigenvalue weighted by atomic mass is 32.1. The fourth-order valence-electron chi connectivity index (χ4n) is 4.45. The predicted molar refractivity (Wildman–Crippen MR) is 125 cm³/mol. The SMILES string of the molecule is O=C(c1nsc2cc(NC3=NCc4cccnc43)ccc12)N1CCCC1c1ccccn1. The summed E-state index contributed by atoms with van der Waals surface area (Å²) in [4.78, 5) is 28.8. The molecule has 1 saturated heterocycles. The van der Waals surface area contributed by atoms with Crippen LogP contribution >= 0.6 is 11.5 Å². The first-order valence-corrected chi connectivity index (χ1v) is 11.4. The summed E-state index contributed by atoms with van der Waals surface area (Å²) in [5.74, 6) is 0.749. The molecule has 1 amide bonds. The lowest BCUT2D eigenvalue weighted by atomic mass is 10.1. The van der Waals surface area contributed by atoms with Crippen molar-refractivity contribution in [1.82, 2.24) is 19.2 Å². The van der Waals surface area contributed by atoms with Crippen LogP contribution in [0, 0.1) is 0 Å². The first-order valence-electron chi connectivity index (χ1n) is 10.6. The summed E-state index contributed by atoms with van der Waals surface area (Å²) in [6.45, 7) is 1.37. The van der Waals surface area contributed by atoms with Crippen LogP contribution in [0.15, 0.2) is 65.9 Å². The van der Waals surface area contributed by atoms with Gasteiger partial charge in [0.2, 0.25) is 0 Å². The third-order valence-electron chi connectivity index (χ3n) is 6.00. The highest BCUT2D eigenvalue weighted by Gasteiger charge is 2.33. The van der Waals surface area contributed by atoms with E-state index in [9.17, 15) is 4.79 Å². The van der Waals surface area contributed by atoms with E-state index in [0.717, 1.165) is 57.9 Å². The van der Waals surface area contributed by atoms with Crippen LogP contribution in [0.3, 0.4) is 0 Å². The lowest BCUT2D eigenvalue weighted by molar-refractivity contribution is 0.0730. The molecule has 4 aromatic rings. The number of anilines is 1. The molecule has 0 spiro atoms. The topological polar surface area (TPSA) is 83.4 Å². The second-order valence-corrected chi connectivity index (χ2v) is 8.76. The van der Waals surface area contributed by atoms with Crippen LogP contribution in [0.25, 0.3) is 10.1 Å². The van der Waals surface area contributed by atoms with E-state index in [-0.39, 0.29) is 11.9 Å². The Hall–Kier alpha value is -3.65. The number of aliphatic imine (C=N–C) groups is 1. The number of hydrogen-bond acceptors (Lipinski definition) is 7. The number of aromatic nitrogens is 3. The van der Waals surface area contributed by atoms with Crippen molar-refractivity contribution in [2.45, 2.75) is 25.4 Å². The normalized spacial score (nSPS) is 17.4. The minimum absolute atomic E-state index is 0.00864. The van der Waals surface area contributed by atoms with Crippen LogP contribution in [0.1, 0.15) is 46.3 Å². The van der Waals surface area contributed by atoms with Gasteiger partial charge in [0, 0.05) is 35.6 Å². The van der Waals surface area contributed by atoms with Crippen molar-refractivity contribution in [3.05, 3.63) is 83.6 Å². The lowest BCUT2D eigenvalue weighted by Gasteiger charge is -2.23. The lowest BCUT2D eigenvalue weighted by Crippen LogP contribution is -2.31. The molecule has 1 aromatic carbocycles. The first-order chi connectivity index (χ1) is 15.8. The number of benzene rings is 1.